The highest BCUT2D eigenvalue weighted by atomic mass is 32.1. The molecule has 0 saturated carbocycles. The molecule has 0 amide bonds. The lowest BCUT2D eigenvalue weighted by atomic mass is 10.1. The fourth-order valence-corrected chi connectivity index (χ4v) is 2.61. The van der Waals surface area contributed by atoms with Crippen molar-refractivity contribution in [1.29, 1.82) is 0 Å². The van der Waals surface area contributed by atoms with Gasteiger partial charge < -0.3 is 4.74 Å². The molecule has 0 unspecified atom stereocenters. The van der Waals surface area contributed by atoms with Gasteiger partial charge >= 0.3 is 0 Å². The Morgan fingerprint density at radius 2 is 1.50 bits per heavy atom. The van der Waals surface area contributed by atoms with E-state index in [4.69, 9.17) is 4.74 Å². The summed E-state index contributed by atoms with van der Waals surface area (Å²) in [7, 11) is 0. The molecule has 0 spiro atoms. The van der Waals surface area contributed by atoms with Gasteiger partial charge in [0.25, 0.3) is 0 Å². The van der Waals surface area contributed by atoms with Crippen molar-refractivity contribution < 1.29 is 9.53 Å². The number of thiophene rings is 1. The summed E-state index contributed by atoms with van der Waals surface area (Å²) in [6, 6.07) is 21.7. The SMILES string of the molecule is O=Cc1ccc(Oc2ccc(-c3ccccc3)cc2)s1. The number of ether oxygens (including phenoxy) is 1. The van der Waals surface area contributed by atoms with Gasteiger partial charge in [-0.3, -0.25) is 4.79 Å². The molecule has 0 aliphatic rings. The van der Waals surface area contributed by atoms with Crippen molar-refractivity contribution in [1.82, 2.24) is 0 Å². The second-order valence-electron chi connectivity index (χ2n) is 4.27. The third-order valence-corrected chi connectivity index (χ3v) is 3.79. The first-order valence-electron chi connectivity index (χ1n) is 6.23. The number of rotatable bonds is 4. The molecule has 1 aromatic heterocycles. The van der Waals surface area contributed by atoms with Gasteiger partial charge in [0, 0.05) is 0 Å². The average molecular weight is 280 g/mol. The van der Waals surface area contributed by atoms with Crippen LogP contribution in [0.2, 0.25) is 0 Å². The van der Waals surface area contributed by atoms with E-state index in [1.807, 2.05) is 42.5 Å². The van der Waals surface area contributed by atoms with Crippen LogP contribution in [0.15, 0.2) is 66.7 Å². The van der Waals surface area contributed by atoms with Crippen molar-refractivity contribution in [3.05, 3.63) is 71.6 Å². The molecule has 98 valence electrons. The van der Waals surface area contributed by atoms with Crippen LogP contribution >= 0.6 is 11.3 Å². The quantitative estimate of drug-likeness (QED) is 0.627. The van der Waals surface area contributed by atoms with Gasteiger partial charge in [0.2, 0.25) is 0 Å². The molecule has 1 heterocycles. The van der Waals surface area contributed by atoms with E-state index in [0.29, 0.717) is 4.88 Å². The molecule has 0 N–H and O–H groups in total. The van der Waals surface area contributed by atoms with Gasteiger partial charge in [-0.15, -0.1) is 0 Å². The third-order valence-electron chi connectivity index (χ3n) is 2.90. The second-order valence-corrected chi connectivity index (χ2v) is 5.35. The van der Waals surface area contributed by atoms with Crippen LogP contribution < -0.4 is 4.74 Å². The van der Waals surface area contributed by atoms with Crippen molar-refractivity contribution in [2.45, 2.75) is 0 Å². The Balaban J connectivity index is 1.78. The molecule has 0 bridgehead atoms. The molecule has 3 aromatic rings. The van der Waals surface area contributed by atoms with Gasteiger partial charge in [-0.25, -0.2) is 0 Å². The minimum absolute atomic E-state index is 0.668. The van der Waals surface area contributed by atoms with E-state index in [1.165, 1.54) is 16.9 Å². The van der Waals surface area contributed by atoms with Gasteiger partial charge in [0.05, 0.1) is 4.88 Å². The van der Waals surface area contributed by atoms with Crippen LogP contribution in [0.5, 0.6) is 10.8 Å². The normalized spacial score (nSPS) is 10.2. The van der Waals surface area contributed by atoms with Crippen LogP contribution in [0.1, 0.15) is 9.67 Å². The molecule has 0 atom stereocenters. The van der Waals surface area contributed by atoms with Crippen molar-refractivity contribution in [2.75, 3.05) is 0 Å². The number of hydrogen-bond acceptors (Lipinski definition) is 3. The first-order valence-corrected chi connectivity index (χ1v) is 7.05. The van der Waals surface area contributed by atoms with Gasteiger partial charge in [-0.1, -0.05) is 53.8 Å². The highest BCUT2D eigenvalue weighted by Crippen LogP contribution is 2.30. The van der Waals surface area contributed by atoms with E-state index >= 15 is 0 Å². The Morgan fingerprint density at radius 1 is 0.800 bits per heavy atom. The van der Waals surface area contributed by atoms with Crippen LogP contribution in [0.3, 0.4) is 0 Å². The minimum atomic E-state index is 0.668. The lowest BCUT2D eigenvalue weighted by molar-refractivity contribution is 0.112. The Bertz CT molecular complexity index is 699. The monoisotopic (exact) mass is 280 g/mol. The smallest absolute Gasteiger partial charge is 0.181 e. The maximum atomic E-state index is 10.6. The van der Waals surface area contributed by atoms with Crippen molar-refractivity contribution in [3.8, 4) is 21.9 Å². The molecule has 2 nitrogen and oxygen atoms in total. The molecule has 3 rings (SSSR count). The molecule has 0 aliphatic heterocycles. The topological polar surface area (TPSA) is 26.3 Å². The number of hydrogen-bond donors (Lipinski definition) is 0. The summed E-state index contributed by atoms with van der Waals surface area (Å²) < 4.78 is 5.71. The molecule has 0 radical (unpaired) electrons. The first-order chi connectivity index (χ1) is 9.85. The molecule has 3 heteroatoms. The predicted molar refractivity (Wildman–Crippen MR) is 81.7 cm³/mol. The summed E-state index contributed by atoms with van der Waals surface area (Å²) in [5.41, 5.74) is 2.33. The zero-order valence-corrected chi connectivity index (χ0v) is 11.5. The molecular formula is C17H12O2S. The van der Waals surface area contributed by atoms with E-state index in [0.717, 1.165) is 22.7 Å². The Kier molecular flexibility index (Phi) is 3.61. The van der Waals surface area contributed by atoms with Crippen molar-refractivity contribution in [2.24, 2.45) is 0 Å². The summed E-state index contributed by atoms with van der Waals surface area (Å²) in [6.07, 6.45) is 0.829. The molecule has 20 heavy (non-hydrogen) atoms. The minimum Gasteiger partial charge on any atom is -0.447 e. The van der Waals surface area contributed by atoms with E-state index in [-0.39, 0.29) is 0 Å². The number of benzene rings is 2. The standard InChI is InChI=1S/C17H12O2S/c18-12-16-10-11-17(20-16)19-15-8-6-14(7-9-15)13-4-2-1-3-5-13/h1-12H. The average Bonchev–Trinajstić information content (AvgIpc) is 2.97. The Morgan fingerprint density at radius 3 is 2.15 bits per heavy atom. The zero-order chi connectivity index (χ0) is 13.8. The Hall–Kier alpha value is -2.39. The summed E-state index contributed by atoms with van der Waals surface area (Å²) in [5, 5.41) is 0.722. The highest BCUT2D eigenvalue weighted by Gasteiger charge is 2.02. The van der Waals surface area contributed by atoms with Gasteiger partial charge in [0.1, 0.15) is 5.75 Å². The number of carbonyl (C=O) groups is 1. The molecule has 0 fully saturated rings. The lowest BCUT2D eigenvalue weighted by Gasteiger charge is -2.05. The van der Waals surface area contributed by atoms with Crippen LogP contribution in [-0.2, 0) is 0 Å². The maximum absolute atomic E-state index is 10.6. The second kappa shape index (κ2) is 5.72. The van der Waals surface area contributed by atoms with Gasteiger partial charge in [-0.2, -0.15) is 0 Å². The molecule has 0 saturated heterocycles. The van der Waals surface area contributed by atoms with Crippen molar-refractivity contribution in [3.63, 3.8) is 0 Å². The maximum Gasteiger partial charge on any atom is 0.181 e. The number of aldehydes is 1. The largest absolute Gasteiger partial charge is 0.447 e. The van der Waals surface area contributed by atoms with E-state index in [9.17, 15) is 4.79 Å². The van der Waals surface area contributed by atoms with Gasteiger partial charge in [-0.05, 0) is 35.4 Å². The van der Waals surface area contributed by atoms with Crippen LogP contribution in [0, 0.1) is 0 Å². The molecule has 2 aromatic carbocycles. The predicted octanol–water partition coefficient (Wildman–Crippen LogP) is 5.02. The molecular weight excluding hydrogens is 268 g/mol. The highest BCUT2D eigenvalue weighted by molar-refractivity contribution is 7.15. The fraction of sp³-hybridized carbons (Fsp3) is 0. The summed E-state index contributed by atoms with van der Waals surface area (Å²) in [4.78, 5) is 11.3. The van der Waals surface area contributed by atoms with Gasteiger partial charge in [0.15, 0.2) is 11.3 Å². The lowest BCUT2D eigenvalue weighted by Crippen LogP contribution is -1.81. The van der Waals surface area contributed by atoms with Crippen molar-refractivity contribution >= 4 is 17.6 Å². The van der Waals surface area contributed by atoms with E-state index in [1.54, 1.807) is 12.1 Å². The third kappa shape index (κ3) is 2.78. The van der Waals surface area contributed by atoms with E-state index in [2.05, 4.69) is 12.1 Å². The van der Waals surface area contributed by atoms with Crippen LogP contribution in [0.25, 0.3) is 11.1 Å². The summed E-state index contributed by atoms with van der Waals surface area (Å²) in [6.45, 7) is 0. The summed E-state index contributed by atoms with van der Waals surface area (Å²) >= 11 is 1.34. The van der Waals surface area contributed by atoms with E-state index < -0.39 is 0 Å². The number of carbonyl (C=O) groups excluding carboxylic acids is 1. The summed E-state index contributed by atoms with van der Waals surface area (Å²) in [5.74, 6) is 0.768. The Labute approximate surface area is 121 Å². The molecule has 0 aliphatic carbocycles. The zero-order valence-electron chi connectivity index (χ0n) is 10.7. The van der Waals surface area contributed by atoms with Crippen LogP contribution in [-0.4, -0.2) is 6.29 Å². The van der Waals surface area contributed by atoms with Crippen LogP contribution in [0.4, 0.5) is 0 Å². The fourth-order valence-electron chi connectivity index (χ4n) is 1.91. The first kappa shape index (κ1) is 12.6.